The van der Waals surface area contributed by atoms with E-state index in [2.05, 4.69) is 9.97 Å². The van der Waals surface area contributed by atoms with Gasteiger partial charge >= 0.3 is 0 Å². The van der Waals surface area contributed by atoms with Gasteiger partial charge in [0.25, 0.3) is 0 Å². The highest BCUT2D eigenvalue weighted by atomic mass is 35.5. The van der Waals surface area contributed by atoms with Crippen LogP contribution in [0.3, 0.4) is 0 Å². The largest absolute Gasteiger partial charge is 0.481 e. The average molecular weight is 286 g/mol. The molecule has 0 amide bonds. The van der Waals surface area contributed by atoms with Crippen LogP contribution in [0.4, 0.5) is 5.95 Å². The fourth-order valence-electron chi connectivity index (χ4n) is 2.17. The Hall–Kier alpha value is -2.33. The summed E-state index contributed by atoms with van der Waals surface area (Å²) in [6.45, 7) is 0. The monoisotopic (exact) mass is 285 g/mol. The van der Waals surface area contributed by atoms with Crippen molar-refractivity contribution in [1.82, 2.24) is 9.97 Å². The number of anilines is 1. The number of aromatic nitrogens is 2. The number of benzene rings is 2. The highest BCUT2D eigenvalue weighted by molar-refractivity contribution is 6.36. The summed E-state index contributed by atoms with van der Waals surface area (Å²) in [5, 5.41) is 2.70. The summed E-state index contributed by atoms with van der Waals surface area (Å²) in [5.41, 5.74) is 7.37. The predicted octanol–water partition coefficient (Wildman–Crippen LogP) is 3.54. The third-order valence-corrected chi connectivity index (χ3v) is 3.41. The zero-order chi connectivity index (χ0) is 14.1. The molecule has 0 spiro atoms. The predicted molar refractivity (Wildman–Crippen MR) is 80.9 cm³/mol. The minimum absolute atomic E-state index is 0.179. The molecule has 0 saturated heterocycles. The van der Waals surface area contributed by atoms with Gasteiger partial charge in [-0.2, -0.15) is 4.98 Å². The lowest BCUT2D eigenvalue weighted by Crippen LogP contribution is -1.99. The zero-order valence-corrected chi connectivity index (χ0v) is 11.6. The summed E-state index contributed by atoms with van der Waals surface area (Å²) in [5.74, 6) is 0.616. The molecule has 5 heteroatoms. The van der Waals surface area contributed by atoms with Crippen molar-refractivity contribution in [2.45, 2.75) is 0 Å². The minimum Gasteiger partial charge on any atom is -0.481 e. The smallest absolute Gasteiger partial charge is 0.223 e. The van der Waals surface area contributed by atoms with Crippen LogP contribution in [0.5, 0.6) is 5.88 Å². The summed E-state index contributed by atoms with van der Waals surface area (Å²) < 4.78 is 5.14. The van der Waals surface area contributed by atoms with E-state index >= 15 is 0 Å². The Morgan fingerprint density at radius 3 is 2.55 bits per heavy atom. The van der Waals surface area contributed by atoms with Crippen molar-refractivity contribution in [3.63, 3.8) is 0 Å². The number of rotatable bonds is 2. The Bertz CT molecular complexity index is 789. The van der Waals surface area contributed by atoms with Crippen LogP contribution < -0.4 is 10.5 Å². The third kappa shape index (κ3) is 2.14. The summed E-state index contributed by atoms with van der Waals surface area (Å²) in [7, 11) is 1.55. The molecule has 20 heavy (non-hydrogen) atoms. The molecule has 0 aliphatic carbocycles. The summed E-state index contributed by atoms with van der Waals surface area (Å²) >= 11 is 6.22. The van der Waals surface area contributed by atoms with Crippen molar-refractivity contribution in [2.75, 3.05) is 12.8 Å². The van der Waals surface area contributed by atoms with Crippen molar-refractivity contribution in [2.24, 2.45) is 0 Å². The van der Waals surface area contributed by atoms with Gasteiger partial charge in [0, 0.05) is 22.0 Å². The first-order valence-corrected chi connectivity index (χ1v) is 6.43. The molecule has 2 N–H and O–H groups in total. The number of nitrogen functional groups attached to an aromatic ring is 1. The molecular formula is C15H12ClN3O. The van der Waals surface area contributed by atoms with Crippen molar-refractivity contribution < 1.29 is 4.74 Å². The topological polar surface area (TPSA) is 61.0 Å². The highest BCUT2D eigenvalue weighted by Crippen LogP contribution is 2.33. The SMILES string of the molecule is COc1cc(-c2ccc(Cl)c3ccccc23)nc(N)n1. The Morgan fingerprint density at radius 1 is 1.05 bits per heavy atom. The summed E-state index contributed by atoms with van der Waals surface area (Å²) in [4.78, 5) is 8.27. The first-order chi connectivity index (χ1) is 9.69. The number of nitrogens with zero attached hydrogens (tertiary/aromatic N) is 2. The van der Waals surface area contributed by atoms with Crippen LogP contribution in [-0.2, 0) is 0 Å². The number of fused-ring (bicyclic) bond motifs is 1. The van der Waals surface area contributed by atoms with Crippen LogP contribution in [0.25, 0.3) is 22.0 Å². The van der Waals surface area contributed by atoms with E-state index in [1.807, 2.05) is 36.4 Å². The van der Waals surface area contributed by atoms with Crippen LogP contribution >= 0.6 is 11.6 Å². The average Bonchev–Trinajstić information content (AvgIpc) is 2.47. The van der Waals surface area contributed by atoms with Crippen molar-refractivity contribution >= 4 is 28.3 Å². The van der Waals surface area contributed by atoms with Gasteiger partial charge in [-0.1, -0.05) is 41.9 Å². The number of ether oxygens (including phenoxy) is 1. The molecule has 100 valence electrons. The standard InChI is InChI=1S/C15H12ClN3O/c1-20-14-8-13(18-15(17)19-14)11-6-7-12(16)10-5-3-2-4-9(10)11/h2-8H,1H3,(H2,17,18,19). The van der Waals surface area contributed by atoms with E-state index in [0.717, 1.165) is 16.3 Å². The molecule has 0 fully saturated rings. The van der Waals surface area contributed by atoms with E-state index in [-0.39, 0.29) is 5.95 Å². The van der Waals surface area contributed by atoms with Crippen LogP contribution in [-0.4, -0.2) is 17.1 Å². The van der Waals surface area contributed by atoms with Crippen LogP contribution in [0.1, 0.15) is 0 Å². The Kier molecular flexibility index (Phi) is 3.16. The van der Waals surface area contributed by atoms with Gasteiger partial charge in [0.15, 0.2) is 0 Å². The van der Waals surface area contributed by atoms with E-state index in [4.69, 9.17) is 22.1 Å². The first-order valence-electron chi connectivity index (χ1n) is 6.05. The van der Waals surface area contributed by atoms with Crippen molar-refractivity contribution in [1.29, 1.82) is 0 Å². The second-order valence-electron chi connectivity index (χ2n) is 4.29. The fourth-order valence-corrected chi connectivity index (χ4v) is 2.40. The van der Waals surface area contributed by atoms with E-state index in [0.29, 0.717) is 16.6 Å². The third-order valence-electron chi connectivity index (χ3n) is 3.08. The molecule has 3 aromatic rings. The number of nitrogens with two attached hydrogens (primary N) is 1. The molecule has 0 radical (unpaired) electrons. The van der Waals surface area contributed by atoms with Crippen molar-refractivity contribution in [3.05, 3.63) is 47.5 Å². The second-order valence-corrected chi connectivity index (χ2v) is 4.70. The van der Waals surface area contributed by atoms with Gasteiger partial charge in [-0.05, 0) is 11.5 Å². The van der Waals surface area contributed by atoms with Gasteiger partial charge in [0.05, 0.1) is 12.8 Å². The molecule has 0 saturated carbocycles. The molecular weight excluding hydrogens is 274 g/mol. The van der Waals surface area contributed by atoms with E-state index < -0.39 is 0 Å². The number of hydrogen-bond donors (Lipinski definition) is 1. The van der Waals surface area contributed by atoms with Gasteiger partial charge in [-0.15, -0.1) is 0 Å². The number of hydrogen-bond acceptors (Lipinski definition) is 4. The zero-order valence-electron chi connectivity index (χ0n) is 10.8. The maximum Gasteiger partial charge on any atom is 0.223 e. The van der Waals surface area contributed by atoms with Crippen LogP contribution in [0, 0.1) is 0 Å². The Labute approximate surface area is 121 Å². The van der Waals surface area contributed by atoms with Gasteiger partial charge in [0.1, 0.15) is 0 Å². The lowest BCUT2D eigenvalue weighted by molar-refractivity contribution is 0.398. The molecule has 1 aromatic heterocycles. The van der Waals surface area contributed by atoms with E-state index in [1.165, 1.54) is 0 Å². The van der Waals surface area contributed by atoms with Gasteiger partial charge in [-0.25, -0.2) is 4.98 Å². The van der Waals surface area contributed by atoms with Crippen LogP contribution in [0.15, 0.2) is 42.5 Å². The minimum atomic E-state index is 0.179. The van der Waals surface area contributed by atoms with Gasteiger partial charge < -0.3 is 10.5 Å². The van der Waals surface area contributed by atoms with E-state index in [9.17, 15) is 0 Å². The lowest BCUT2D eigenvalue weighted by atomic mass is 10.0. The number of halogens is 1. The second kappa shape index (κ2) is 4.98. The molecule has 0 atom stereocenters. The molecule has 0 bridgehead atoms. The molecule has 0 aliphatic heterocycles. The lowest BCUT2D eigenvalue weighted by Gasteiger charge is -2.09. The summed E-state index contributed by atoms with van der Waals surface area (Å²) in [6, 6.07) is 13.4. The van der Waals surface area contributed by atoms with Gasteiger partial charge in [0.2, 0.25) is 11.8 Å². The fraction of sp³-hybridized carbons (Fsp3) is 0.0667. The molecule has 1 heterocycles. The normalized spacial score (nSPS) is 10.7. The molecule has 0 unspecified atom stereocenters. The molecule has 0 aliphatic rings. The first kappa shape index (κ1) is 12.7. The maximum atomic E-state index is 6.22. The molecule has 4 nitrogen and oxygen atoms in total. The molecule has 2 aromatic carbocycles. The number of methoxy groups -OCH3 is 1. The van der Waals surface area contributed by atoms with Crippen LogP contribution in [0.2, 0.25) is 5.02 Å². The maximum absolute atomic E-state index is 6.22. The van der Waals surface area contributed by atoms with Gasteiger partial charge in [-0.3, -0.25) is 0 Å². The summed E-state index contributed by atoms with van der Waals surface area (Å²) in [6.07, 6.45) is 0. The van der Waals surface area contributed by atoms with Crippen molar-refractivity contribution in [3.8, 4) is 17.1 Å². The Balaban J connectivity index is 2.30. The highest BCUT2D eigenvalue weighted by Gasteiger charge is 2.10. The van der Waals surface area contributed by atoms with E-state index in [1.54, 1.807) is 13.2 Å². The Morgan fingerprint density at radius 2 is 1.80 bits per heavy atom. The molecule has 3 rings (SSSR count). The quantitative estimate of drug-likeness (QED) is 0.782.